The van der Waals surface area contributed by atoms with Gasteiger partial charge in [0.25, 0.3) is 0 Å². The molecule has 1 aliphatic heterocycles. The van der Waals surface area contributed by atoms with Gasteiger partial charge in [-0.15, -0.1) is 0 Å². The lowest BCUT2D eigenvalue weighted by Gasteiger charge is -2.53. The highest BCUT2D eigenvalue weighted by Gasteiger charge is 2.63. The first kappa shape index (κ1) is 24.3. The summed E-state index contributed by atoms with van der Waals surface area (Å²) < 4.78 is 6.57. The van der Waals surface area contributed by atoms with Gasteiger partial charge in [-0.3, -0.25) is 9.59 Å². The average Bonchev–Trinajstić information content (AvgIpc) is 3.14. The number of hydrogen-bond acceptors (Lipinski definition) is 5. The molecule has 0 saturated heterocycles. The van der Waals surface area contributed by atoms with Crippen molar-refractivity contribution < 1.29 is 19.4 Å². The second kappa shape index (κ2) is 9.82. The van der Waals surface area contributed by atoms with E-state index in [2.05, 4.69) is 38.8 Å². The predicted octanol–water partition coefficient (Wildman–Crippen LogP) is 2.55. The summed E-state index contributed by atoms with van der Waals surface area (Å²) in [5, 5.41) is 20.7. The lowest BCUT2D eigenvalue weighted by atomic mass is 9.51. The van der Waals surface area contributed by atoms with E-state index in [0.29, 0.717) is 29.5 Å². The van der Waals surface area contributed by atoms with Crippen LogP contribution in [0.3, 0.4) is 0 Å². The molecule has 3 aliphatic rings. The Morgan fingerprint density at radius 3 is 2.79 bits per heavy atom. The van der Waals surface area contributed by atoms with Crippen LogP contribution in [0.25, 0.3) is 0 Å². The Labute approximate surface area is 204 Å². The number of ether oxygens (including phenoxy) is 1. The molecule has 1 heterocycles. The monoisotopic (exact) mass is 521 g/mol. The van der Waals surface area contributed by atoms with Crippen molar-refractivity contribution in [3.05, 3.63) is 22.8 Å². The van der Waals surface area contributed by atoms with Crippen LogP contribution in [0.1, 0.15) is 56.2 Å². The zero-order valence-corrected chi connectivity index (χ0v) is 21.4. The highest BCUT2D eigenvalue weighted by molar-refractivity contribution is 9.09. The van der Waals surface area contributed by atoms with Crippen molar-refractivity contribution in [3.8, 4) is 11.5 Å². The summed E-state index contributed by atoms with van der Waals surface area (Å²) in [6, 6.07) is 1.80. The lowest BCUT2D eigenvalue weighted by molar-refractivity contribution is -0.122. The maximum atomic E-state index is 12.0. The van der Waals surface area contributed by atoms with E-state index in [1.54, 1.807) is 6.92 Å². The van der Waals surface area contributed by atoms with E-state index >= 15 is 0 Å². The van der Waals surface area contributed by atoms with Crippen molar-refractivity contribution in [2.45, 2.75) is 69.9 Å². The number of aryl methyl sites for hydroxylation is 1. The van der Waals surface area contributed by atoms with Crippen LogP contribution in [0, 0.1) is 11.8 Å². The van der Waals surface area contributed by atoms with E-state index in [9.17, 15) is 14.7 Å². The molecule has 1 aromatic carbocycles. The van der Waals surface area contributed by atoms with E-state index < -0.39 is 0 Å². The van der Waals surface area contributed by atoms with E-state index in [1.807, 2.05) is 13.1 Å². The number of hydrogen-bond donors (Lipinski definition) is 4. The highest BCUT2D eigenvalue weighted by atomic mass is 79.9. The predicted molar refractivity (Wildman–Crippen MR) is 131 cm³/mol. The number of nitrogens with one attached hydrogen (secondary N) is 3. The largest absolute Gasteiger partial charge is 0.504 e. The number of phenols is 1. The molecule has 0 bridgehead atoms. The van der Waals surface area contributed by atoms with Gasteiger partial charge in [0.1, 0.15) is 6.10 Å². The third-order valence-corrected chi connectivity index (χ3v) is 8.46. The van der Waals surface area contributed by atoms with Gasteiger partial charge in [0.15, 0.2) is 11.5 Å². The maximum Gasteiger partial charge on any atom is 0.230 e. The lowest BCUT2D eigenvalue weighted by Crippen LogP contribution is -2.62. The fraction of sp³-hybridized carbons (Fsp3) is 0.680. The minimum absolute atomic E-state index is 0.0157. The molecule has 4 rings (SSSR count). The van der Waals surface area contributed by atoms with Gasteiger partial charge < -0.3 is 25.8 Å². The van der Waals surface area contributed by atoms with Gasteiger partial charge in [-0.25, -0.2) is 0 Å². The smallest absolute Gasteiger partial charge is 0.230 e. The van der Waals surface area contributed by atoms with Crippen LogP contribution in [-0.2, 0) is 27.8 Å². The van der Waals surface area contributed by atoms with Gasteiger partial charge in [-0.2, -0.15) is 0 Å². The first-order valence-electron chi connectivity index (χ1n) is 12.1. The standard InChI is InChI=1S/C25H36BrN3O4/c1-14-11-17-16(5-4-9-28-21(32)13-26)12-20(31)23-22(17)25(8-10-27-3)18(14)6-7-19(24(25)33-23)29-15(2)30/h12,14,18-19,24,27,31H,4-11,13H2,1-3H3,(H,28,32)(H,29,30)/t14-,18?,19+,24+,25+/m1/s1. The molecule has 2 aliphatic carbocycles. The number of carbonyl (C=O) groups excluding carboxylic acids is 2. The highest BCUT2D eigenvalue weighted by Crippen LogP contribution is 2.63. The molecule has 0 radical (unpaired) electrons. The summed E-state index contributed by atoms with van der Waals surface area (Å²) in [4.78, 5) is 23.6. The van der Waals surface area contributed by atoms with Crippen molar-refractivity contribution in [1.29, 1.82) is 0 Å². The summed E-state index contributed by atoms with van der Waals surface area (Å²) in [7, 11) is 1.97. The van der Waals surface area contributed by atoms with Gasteiger partial charge >= 0.3 is 0 Å². The Morgan fingerprint density at radius 2 is 2.09 bits per heavy atom. The molecular weight excluding hydrogens is 486 g/mol. The minimum atomic E-state index is -0.228. The van der Waals surface area contributed by atoms with Crippen LogP contribution >= 0.6 is 15.9 Å². The van der Waals surface area contributed by atoms with Gasteiger partial charge in [-0.05, 0) is 81.1 Å². The Kier molecular flexibility index (Phi) is 7.24. The topological polar surface area (TPSA) is 99.7 Å². The van der Waals surface area contributed by atoms with Crippen molar-refractivity contribution in [2.75, 3.05) is 25.5 Å². The van der Waals surface area contributed by atoms with Gasteiger partial charge in [0, 0.05) is 24.4 Å². The number of amides is 2. The molecule has 182 valence electrons. The number of benzene rings is 1. The van der Waals surface area contributed by atoms with Crippen molar-refractivity contribution in [2.24, 2.45) is 11.8 Å². The molecule has 1 unspecified atom stereocenters. The van der Waals surface area contributed by atoms with E-state index in [4.69, 9.17) is 4.74 Å². The van der Waals surface area contributed by atoms with Crippen LogP contribution in [0.4, 0.5) is 0 Å². The van der Waals surface area contributed by atoms with Gasteiger partial charge in [0.05, 0.1) is 11.4 Å². The molecule has 0 spiro atoms. The number of halogens is 1. The Morgan fingerprint density at radius 1 is 1.30 bits per heavy atom. The summed E-state index contributed by atoms with van der Waals surface area (Å²) in [5.41, 5.74) is 3.41. The zero-order valence-electron chi connectivity index (χ0n) is 19.8. The van der Waals surface area contributed by atoms with Crippen LogP contribution < -0.4 is 20.7 Å². The van der Waals surface area contributed by atoms with E-state index in [0.717, 1.165) is 50.6 Å². The first-order valence-corrected chi connectivity index (χ1v) is 13.2. The van der Waals surface area contributed by atoms with Crippen molar-refractivity contribution in [3.63, 3.8) is 0 Å². The maximum absolute atomic E-state index is 12.0. The number of phenolic OH excluding ortho intramolecular Hbond substituents is 1. The SMILES string of the molecule is CNCC[C@]12c3c4c(CCCNC(=O)CBr)cc(O)c3O[C@H]1[C@@H](NC(C)=O)CCC2[C@H](C)C4. The number of carbonyl (C=O) groups is 2. The molecule has 0 aromatic heterocycles. The van der Waals surface area contributed by atoms with Crippen LogP contribution in [-0.4, -0.2) is 54.5 Å². The summed E-state index contributed by atoms with van der Waals surface area (Å²) >= 11 is 3.18. The van der Waals surface area contributed by atoms with Gasteiger partial charge in [-0.1, -0.05) is 22.9 Å². The average molecular weight is 522 g/mol. The van der Waals surface area contributed by atoms with Gasteiger partial charge in [0.2, 0.25) is 11.8 Å². The zero-order chi connectivity index (χ0) is 23.8. The third kappa shape index (κ3) is 4.25. The molecule has 2 amide bonds. The molecule has 1 saturated carbocycles. The number of aromatic hydroxyl groups is 1. The van der Waals surface area contributed by atoms with E-state index in [-0.39, 0.29) is 35.1 Å². The molecule has 4 N–H and O–H groups in total. The summed E-state index contributed by atoms with van der Waals surface area (Å²) in [5.74, 6) is 1.70. The Bertz CT molecular complexity index is 923. The Balaban J connectivity index is 1.74. The normalized spacial score (nSPS) is 29.2. The molecule has 1 aromatic rings. The molecule has 7 nitrogen and oxygen atoms in total. The molecule has 1 fully saturated rings. The Hall–Kier alpha value is -1.80. The number of alkyl halides is 1. The molecular formula is C25H36BrN3O4. The second-order valence-corrected chi connectivity index (χ2v) is 10.5. The fourth-order valence-electron chi connectivity index (χ4n) is 6.79. The van der Waals surface area contributed by atoms with E-state index in [1.165, 1.54) is 11.1 Å². The quantitative estimate of drug-likeness (QED) is 0.295. The van der Waals surface area contributed by atoms with Crippen LogP contribution in [0.2, 0.25) is 0 Å². The summed E-state index contributed by atoms with van der Waals surface area (Å²) in [6.07, 6.45) is 5.23. The van der Waals surface area contributed by atoms with Crippen molar-refractivity contribution in [1.82, 2.24) is 16.0 Å². The van der Waals surface area contributed by atoms with Crippen LogP contribution in [0.5, 0.6) is 11.5 Å². The minimum Gasteiger partial charge on any atom is -0.504 e. The van der Waals surface area contributed by atoms with Crippen LogP contribution in [0.15, 0.2) is 6.07 Å². The second-order valence-electron chi connectivity index (χ2n) is 9.93. The first-order chi connectivity index (χ1) is 15.8. The molecule has 33 heavy (non-hydrogen) atoms. The molecule has 8 heteroatoms. The number of rotatable bonds is 9. The van der Waals surface area contributed by atoms with Crippen molar-refractivity contribution >= 4 is 27.7 Å². The third-order valence-electron chi connectivity index (χ3n) is 7.95. The molecule has 5 atom stereocenters. The fourth-order valence-corrected chi connectivity index (χ4v) is 6.99. The summed E-state index contributed by atoms with van der Waals surface area (Å²) in [6.45, 7) is 5.36.